The number of sulfonamides is 1. The van der Waals surface area contributed by atoms with E-state index in [-0.39, 0.29) is 5.82 Å². The second-order valence-corrected chi connectivity index (χ2v) is 6.32. The quantitative estimate of drug-likeness (QED) is 0.787. The van der Waals surface area contributed by atoms with E-state index >= 15 is 0 Å². The molecule has 10 heteroatoms. The molecule has 5 nitrogen and oxygen atoms in total. The molecule has 0 saturated heterocycles. The van der Waals surface area contributed by atoms with Crippen LogP contribution in [0.2, 0.25) is 0 Å². The van der Waals surface area contributed by atoms with Crippen molar-refractivity contribution in [3.8, 4) is 0 Å². The van der Waals surface area contributed by atoms with Crippen molar-refractivity contribution < 1.29 is 26.0 Å². The molecule has 0 spiro atoms. The van der Waals surface area contributed by atoms with Gasteiger partial charge in [0.05, 0.1) is 6.54 Å². The molecule has 0 unspecified atom stereocenters. The molecule has 0 atom stereocenters. The Bertz CT molecular complexity index is 756. The normalized spacial score (nSPS) is 12.3. The van der Waals surface area contributed by atoms with Crippen LogP contribution >= 0.6 is 0 Å². The maximum Gasteiger partial charge on any atom is 0.319 e. The summed E-state index contributed by atoms with van der Waals surface area (Å²) in [6, 6.07) is 2.61. The maximum atomic E-state index is 13.6. The third-order valence-corrected chi connectivity index (χ3v) is 4.77. The van der Waals surface area contributed by atoms with E-state index in [0.29, 0.717) is 8.87 Å². The summed E-state index contributed by atoms with van der Waals surface area (Å²) in [5, 5.41) is 0. The van der Waals surface area contributed by atoms with E-state index in [1.54, 1.807) is 0 Å². The molecule has 1 aromatic heterocycles. The lowest BCUT2D eigenvalue weighted by Crippen LogP contribution is -2.29. The van der Waals surface area contributed by atoms with Crippen LogP contribution in [-0.2, 0) is 16.6 Å². The van der Waals surface area contributed by atoms with Gasteiger partial charge in [-0.05, 0) is 12.1 Å². The monoisotopic (exact) mass is 337 g/mol. The number of nitrogens with zero attached hydrogens (tertiary/aromatic N) is 3. The summed E-state index contributed by atoms with van der Waals surface area (Å²) in [5.74, 6) is -2.77. The van der Waals surface area contributed by atoms with Crippen molar-refractivity contribution in [1.82, 2.24) is 13.9 Å². The average molecular weight is 337 g/mol. The van der Waals surface area contributed by atoms with Gasteiger partial charge < -0.3 is 0 Å². The van der Waals surface area contributed by atoms with Gasteiger partial charge in [-0.2, -0.15) is 13.1 Å². The van der Waals surface area contributed by atoms with Crippen LogP contribution in [0.3, 0.4) is 0 Å². The Kier molecular flexibility index (Phi) is 4.52. The fourth-order valence-electron chi connectivity index (χ4n) is 1.81. The van der Waals surface area contributed by atoms with Crippen LogP contribution in [0.15, 0.2) is 35.5 Å². The molecule has 0 radical (unpaired) electrons. The SMILES string of the molecule is CN(Cc1nccn1C(F)F)S(=O)(=O)c1c(F)cccc1F. The predicted octanol–water partition coefficient (Wildman–Crippen LogP) is 2.38. The highest BCUT2D eigenvalue weighted by Gasteiger charge is 2.29. The molecular weight excluding hydrogens is 326 g/mol. The van der Waals surface area contributed by atoms with E-state index in [0.717, 1.165) is 37.6 Å². The van der Waals surface area contributed by atoms with Gasteiger partial charge >= 0.3 is 6.55 Å². The molecule has 2 rings (SSSR count). The molecule has 0 saturated carbocycles. The zero-order valence-electron chi connectivity index (χ0n) is 11.2. The van der Waals surface area contributed by atoms with Gasteiger partial charge in [-0.1, -0.05) is 6.07 Å². The largest absolute Gasteiger partial charge is 0.319 e. The number of benzene rings is 1. The van der Waals surface area contributed by atoms with Crippen molar-refractivity contribution in [1.29, 1.82) is 0 Å². The highest BCUT2D eigenvalue weighted by molar-refractivity contribution is 7.89. The number of hydrogen-bond acceptors (Lipinski definition) is 3. The first kappa shape index (κ1) is 16.4. The van der Waals surface area contributed by atoms with E-state index in [9.17, 15) is 26.0 Å². The molecule has 0 fully saturated rings. The minimum atomic E-state index is -4.53. The molecular formula is C12H11F4N3O2S. The van der Waals surface area contributed by atoms with E-state index in [4.69, 9.17) is 0 Å². The summed E-state index contributed by atoms with van der Waals surface area (Å²) in [4.78, 5) is 2.49. The summed E-state index contributed by atoms with van der Waals surface area (Å²) < 4.78 is 78.0. The van der Waals surface area contributed by atoms with Crippen molar-refractivity contribution in [2.45, 2.75) is 18.0 Å². The predicted molar refractivity (Wildman–Crippen MR) is 68.5 cm³/mol. The van der Waals surface area contributed by atoms with Gasteiger partial charge in [0.1, 0.15) is 17.5 Å². The standard InChI is InChI=1S/C12H11F4N3O2S/c1-18(7-10-17-5-6-19(10)12(15)16)22(20,21)11-8(13)3-2-4-9(11)14/h2-6,12H,7H2,1H3. The third kappa shape index (κ3) is 2.97. The van der Waals surface area contributed by atoms with E-state index in [2.05, 4.69) is 4.98 Å². The summed E-state index contributed by atoms with van der Waals surface area (Å²) in [6.07, 6.45) is 2.05. The number of imidazole rings is 1. The molecule has 1 aromatic carbocycles. The van der Waals surface area contributed by atoms with Gasteiger partial charge in [-0.15, -0.1) is 0 Å². The maximum absolute atomic E-state index is 13.6. The molecule has 0 N–H and O–H groups in total. The van der Waals surface area contributed by atoms with E-state index < -0.39 is 39.6 Å². The first-order chi connectivity index (χ1) is 10.2. The van der Waals surface area contributed by atoms with Crippen molar-refractivity contribution in [2.75, 3.05) is 7.05 Å². The molecule has 0 aliphatic heterocycles. The summed E-state index contributed by atoms with van der Waals surface area (Å²) in [6.45, 7) is -3.47. The fourth-order valence-corrected chi connectivity index (χ4v) is 3.04. The Morgan fingerprint density at radius 3 is 2.41 bits per heavy atom. The Hall–Kier alpha value is -1.94. The second kappa shape index (κ2) is 6.05. The molecule has 2 aromatic rings. The highest BCUT2D eigenvalue weighted by Crippen LogP contribution is 2.23. The van der Waals surface area contributed by atoms with Gasteiger partial charge in [0, 0.05) is 19.4 Å². The van der Waals surface area contributed by atoms with Crippen molar-refractivity contribution in [2.24, 2.45) is 0 Å². The molecule has 0 amide bonds. The molecule has 0 bridgehead atoms. The zero-order chi connectivity index (χ0) is 16.5. The van der Waals surface area contributed by atoms with Crippen LogP contribution in [0.5, 0.6) is 0 Å². The summed E-state index contributed by atoms with van der Waals surface area (Å²) in [5.41, 5.74) is 0. The topological polar surface area (TPSA) is 55.2 Å². The minimum absolute atomic E-state index is 0.252. The Labute approximate surface area is 123 Å². The van der Waals surface area contributed by atoms with E-state index in [1.807, 2.05) is 0 Å². The number of hydrogen-bond donors (Lipinski definition) is 0. The van der Waals surface area contributed by atoms with Crippen molar-refractivity contribution in [3.63, 3.8) is 0 Å². The number of alkyl halides is 2. The van der Waals surface area contributed by atoms with Crippen LogP contribution in [0.1, 0.15) is 12.4 Å². The van der Waals surface area contributed by atoms with Gasteiger partial charge in [-0.25, -0.2) is 22.2 Å². The lowest BCUT2D eigenvalue weighted by Gasteiger charge is -2.18. The fraction of sp³-hybridized carbons (Fsp3) is 0.250. The van der Waals surface area contributed by atoms with Crippen LogP contribution in [-0.4, -0.2) is 29.3 Å². The number of halogens is 4. The Morgan fingerprint density at radius 1 is 1.27 bits per heavy atom. The summed E-state index contributed by atoms with van der Waals surface area (Å²) >= 11 is 0. The molecule has 0 aliphatic rings. The Morgan fingerprint density at radius 2 is 1.86 bits per heavy atom. The van der Waals surface area contributed by atoms with Crippen LogP contribution in [0.25, 0.3) is 0 Å². The average Bonchev–Trinajstić information content (AvgIpc) is 2.86. The third-order valence-electron chi connectivity index (χ3n) is 2.91. The van der Waals surface area contributed by atoms with Gasteiger partial charge in [0.25, 0.3) is 0 Å². The first-order valence-corrected chi connectivity index (χ1v) is 7.39. The lowest BCUT2D eigenvalue weighted by molar-refractivity contribution is 0.0658. The number of rotatable bonds is 5. The van der Waals surface area contributed by atoms with Gasteiger partial charge in [-0.3, -0.25) is 4.57 Å². The van der Waals surface area contributed by atoms with Crippen LogP contribution in [0, 0.1) is 11.6 Å². The highest BCUT2D eigenvalue weighted by atomic mass is 32.2. The first-order valence-electron chi connectivity index (χ1n) is 5.95. The van der Waals surface area contributed by atoms with Crippen LogP contribution < -0.4 is 0 Å². The molecule has 120 valence electrons. The van der Waals surface area contributed by atoms with Gasteiger partial charge in [0.15, 0.2) is 4.90 Å². The minimum Gasteiger partial charge on any atom is -0.277 e. The van der Waals surface area contributed by atoms with Gasteiger partial charge in [0.2, 0.25) is 10.0 Å². The molecule has 1 heterocycles. The zero-order valence-corrected chi connectivity index (χ0v) is 12.1. The smallest absolute Gasteiger partial charge is 0.277 e. The van der Waals surface area contributed by atoms with Crippen molar-refractivity contribution in [3.05, 3.63) is 48.1 Å². The lowest BCUT2D eigenvalue weighted by atomic mass is 10.3. The summed E-state index contributed by atoms with van der Waals surface area (Å²) in [7, 11) is -3.51. The van der Waals surface area contributed by atoms with Crippen LogP contribution in [0.4, 0.5) is 17.6 Å². The Balaban J connectivity index is 2.36. The molecule has 22 heavy (non-hydrogen) atoms. The van der Waals surface area contributed by atoms with E-state index in [1.165, 1.54) is 0 Å². The molecule has 0 aliphatic carbocycles. The van der Waals surface area contributed by atoms with Crippen molar-refractivity contribution >= 4 is 10.0 Å². The number of aromatic nitrogens is 2. The second-order valence-electron chi connectivity index (χ2n) is 4.34.